The highest BCUT2D eigenvalue weighted by Crippen LogP contribution is 2.17. The van der Waals surface area contributed by atoms with Gasteiger partial charge in [0.05, 0.1) is 0 Å². The zero-order chi connectivity index (χ0) is 14.3. The van der Waals surface area contributed by atoms with E-state index in [0.29, 0.717) is 6.04 Å². The Hall–Kier alpha value is -0.380. The largest absolute Gasteiger partial charge is 0.313 e. The van der Waals surface area contributed by atoms with Crippen LogP contribution < -0.4 is 5.32 Å². The molecule has 0 amide bonds. The van der Waals surface area contributed by atoms with Crippen LogP contribution in [0.5, 0.6) is 0 Å². The first-order valence-corrected chi connectivity index (χ1v) is 7.96. The van der Waals surface area contributed by atoms with Crippen molar-refractivity contribution in [2.24, 2.45) is 0 Å². The summed E-state index contributed by atoms with van der Waals surface area (Å²) in [7, 11) is 2.20. The van der Waals surface area contributed by atoms with E-state index >= 15 is 0 Å². The second-order valence-electron chi connectivity index (χ2n) is 5.54. The molecule has 1 rings (SSSR count). The van der Waals surface area contributed by atoms with Gasteiger partial charge in [0.1, 0.15) is 0 Å². The first kappa shape index (κ1) is 16.7. The first-order valence-electron chi connectivity index (χ1n) is 7.16. The van der Waals surface area contributed by atoms with Crippen molar-refractivity contribution < 1.29 is 0 Å². The summed E-state index contributed by atoms with van der Waals surface area (Å²) in [6.07, 6.45) is 2.50. The second kappa shape index (κ2) is 8.72. The molecule has 1 aromatic carbocycles. The van der Waals surface area contributed by atoms with Crippen LogP contribution in [0.1, 0.15) is 37.8 Å². The zero-order valence-corrected chi connectivity index (χ0v) is 14.3. The van der Waals surface area contributed by atoms with E-state index in [1.807, 2.05) is 0 Å². The normalized spacial score (nSPS) is 11.5. The number of unbranched alkanes of at least 4 members (excludes halogenated alkanes) is 1. The van der Waals surface area contributed by atoms with Gasteiger partial charge in [0.25, 0.3) is 0 Å². The Morgan fingerprint density at radius 2 is 2.00 bits per heavy atom. The summed E-state index contributed by atoms with van der Waals surface area (Å²) < 4.78 is 1.20. The number of hydrogen-bond donors (Lipinski definition) is 1. The van der Waals surface area contributed by atoms with E-state index in [0.717, 1.165) is 13.1 Å². The molecule has 108 valence electrons. The minimum absolute atomic E-state index is 0.651. The lowest BCUT2D eigenvalue weighted by Gasteiger charge is -2.20. The van der Waals surface area contributed by atoms with E-state index in [-0.39, 0.29) is 0 Å². The molecule has 19 heavy (non-hydrogen) atoms. The number of nitrogens with zero attached hydrogens (tertiary/aromatic N) is 1. The molecule has 0 heterocycles. The van der Waals surface area contributed by atoms with Crippen molar-refractivity contribution in [2.75, 3.05) is 20.1 Å². The average Bonchev–Trinajstić information content (AvgIpc) is 2.37. The highest BCUT2D eigenvalue weighted by Gasteiger charge is 2.02. The van der Waals surface area contributed by atoms with Crippen molar-refractivity contribution in [3.05, 3.63) is 33.8 Å². The van der Waals surface area contributed by atoms with E-state index in [1.165, 1.54) is 35.0 Å². The molecule has 0 aliphatic carbocycles. The van der Waals surface area contributed by atoms with Crippen LogP contribution >= 0.6 is 15.9 Å². The second-order valence-corrected chi connectivity index (χ2v) is 6.40. The molecule has 0 atom stereocenters. The lowest BCUT2D eigenvalue weighted by atomic mass is 10.1. The zero-order valence-electron chi connectivity index (χ0n) is 12.7. The number of hydrogen-bond acceptors (Lipinski definition) is 2. The third-order valence-corrected chi connectivity index (χ3v) is 4.42. The van der Waals surface area contributed by atoms with Crippen LogP contribution in [0.3, 0.4) is 0 Å². The third-order valence-electron chi connectivity index (χ3n) is 3.56. The van der Waals surface area contributed by atoms with Gasteiger partial charge in [0, 0.05) is 17.1 Å². The number of nitrogens with one attached hydrogen (secondary N) is 1. The fraction of sp³-hybridized carbons (Fsp3) is 0.625. The van der Waals surface area contributed by atoms with Crippen molar-refractivity contribution >= 4 is 15.9 Å². The molecule has 0 radical (unpaired) electrons. The van der Waals surface area contributed by atoms with Gasteiger partial charge in [0.2, 0.25) is 0 Å². The third kappa shape index (κ3) is 6.55. The Morgan fingerprint density at radius 3 is 2.63 bits per heavy atom. The minimum atomic E-state index is 0.651. The lowest BCUT2D eigenvalue weighted by Crippen LogP contribution is -2.27. The van der Waals surface area contributed by atoms with E-state index in [1.54, 1.807) is 0 Å². The number of rotatable bonds is 8. The fourth-order valence-corrected chi connectivity index (χ4v) is 2.27. The highest BCUT2D eigenvalue weighted by molar-refractivity contribution is 9.10. The van der Waals surface area contributed by atoms with E-state index < -0.39 is 0 Å². The van der Waals surface area contributed by atoms with E-state index in [4.69, 9.17) is 0 Å². The molecule has 0 unspecified atom stereocenters. The Labute approximate surface area is 126 Å². The SMILES string of the molecule is Cc1ccc(CNCCCCN(C)C(C)C)cc1Br. The summed E-state index contributed by atoms with van der Waals surface area (Å²) in [5.74, 6) is 0. The maximum Gasteiger partial charge on any atom is 0.0207 e. The molecule has 0 bridgehead atoms. The van der Waals surface area contributed by atoms with Crippen LogP contribution in [0.15, 0.2) is 22.7 Å². The van der Waals surface area contributed by atoms with Crippen molar-refractivity contribution in [3.63, 3.8) is 0 Å². The molecule has 1 aromatic rings. The molecule has 0 saturated carbocycles. The maximum absolute atomic E-state index is 3.58. The number of halogens is 1. The van der Waals surface area contributed by atoms with Crippen LogP contribution in [0.2, 0.25) is 0 Å². The van der Waals surface area contributed by atoms with Crippen molar-refractivity contribution in [1.82, 2.24) is 10.2 Å². The van der Waals surface area contributed by atoms with Gasteiger partial charge in [-0.05, 0) is 70.9 Å². The Balaban J connectivity index is 2.12. The summed E-state index contributed by atoms with van der Waals surface area (Å²) in [6, 6.07) is 7.21. The van der Waals surface area contributed by atoms with Gasteiger partial charge in [-0.15, -0.1) is 0 Å². The molecule has 0 fully saturated rings. The van der Waals surface area contributed by atoms with Crippen LogP contribution in [0.25, 0.3) is 0 Å². The van der Waals surface area contributed by atoms with Crippen LogP contribution in [0.4, 0.5) is 0 Å². The van der Waals surface area contributed by atoms with E-state index in [2.05, 4.69) is 72.2 Å². The number of aryl methyl sites for hydroxylation is 1. The molecule has 0 saturated heterocycles. The molecular weight excluding hydrogens is 300 g/mol. The standard InChI is InChI=1S/C16H27BrN2/c1-13(2)19(4)10-6-5-9-18-12-15-8-7-14(3)16(17)11-15/h7-8,11,13,18H,5-6,9-10,12H2,1-4H3. The lowest BCUT2D eigenvalue weighted by molar-refractivity contribution is 0.268. The van der Waals surface area contributed by atoms with Gasteiger partial charge in [-0.1, -0.05) is 28.1 Å². The summed E-state index contributed by atoms with van der Waals surface area (Å²) in [5.41, 5.74) is 2.64. The number of benzene rings is 1. The molecule has 0 aliphatic rings. The average molecular weight is 327 g/mol. The molecule has 0 spiro atoms. The topological polar surface area (TPSA) is 15.3 Å². The van der Waals surface area contributed by atoms with Crippen molar-refractivity contribution in [1.29, 1.82) is 0 Å². The summed E-state index contributed by atoms with van der Waals surface area (Å²) >= 11 is 3.58. The van der Waals surface area contributed by atoms with Gasteiger partial charge >= 0.3 is 0 Å². The van der Waals surface area contributed by atoms with Gasteiger partial charge in [-0.2, -0.15) is 0 Å². The molecule has 3 heteroatoms. The monoisotopic (exact) mass is 326 g/mol. The van der Waals surface area contributed by atoms with E-state index in [9.17, 15) is 0 Å². The Bertz CT molecular complexity index is 377. The predicted octanol–water partition coefficient (Wildman–Crippen LogP) is 3.97. The maximum atomic E-state index is 3.58. The smallest absolute Gasteiger partial charge is 0.0207 e. The molecular formula is C16H27BrN2. The van der Waals surface area contributed by atoms with Crippen LogP contribution in [-0.2, 0) is 6.54 Å². The Kier molecular flexibility index (Phi) is 7.66. The van der Waals surface area contributed by atoms with Gasteiger partial charge in [-0.3, -0.25) is 0 Å². The molecule has 2 nitrogen and oxygen atoms in total. The van der Waals surface area contributed by atoms with Gasteiger partial charge in [0.15, 0.2) is 0 Å². The van der Waals surface area contributed by atoms with Gasteiger partial charge < -0.3 is 10.2 Å². The summed E-state index contributed by atoms with van der Waals surface area (Å²) in [6.45, 7) is 9.85. The molecule has 0 aromatic heterocycles. The molecule has 1 N–H and O–H groups in total. The summed E-state index contributed by atoms with van der Waals surface area (Å²) in [5, 5.41) is 3.51. The minimum Gasteiger partial charge on any atom is -0.313 e. The first-order chi connectivity index (χ1) is 9.00. The fourth-order valence-electron chi connectivity index (χ4n) is 1.85. The van der Waals surface area contributed by atoms with Crippen LogP contribution in [0, 0.1) is 6.92 Å². The quantitative estimate of drug-likeness (QED) is 0.727. The summed E-state index contributed by atoms with van der Waals surface area (Å²) in [4.78, 5) is 2.40. The van der Waals surface area contributed by atoms with Crippen LogP contribution in [-0.4, -0.2) is 31.1 Å². The predicted molar refractivity (Wildman–Crippen MR) is 87.6 cm³/mol. The highest BCUT2D eigenvalue weighted by atomic mass is 79.9. The molecule has 0 aliphatic heterocycles. The Morgan fingerprint density at radius 1 is 1.26 bits per heavy atom. The van der Waals surface area contributed by atoms with Gasteiger partial charge in [-0.25, -0.2) is 0 Å². The van der Waals surface area contributed by atoms with Crippen molar-refractivity contribution in [2.45, 2.75) is 46.2 Å². The van der Waals surface area contributed by atoms with Crippen molar-refractivity contribution in [3.8, 4) is 0 Å².